The molecule has 0 saturated heterocycles. The summed E-state index contributed by atoms with van der Waals surface area (Å²) in [5.41, 5.74) is 5.14. The summed E-state index contributed by atoms with van der Waals surface area (Å²) in [7, 11) is 0. The van der Waals surface area contributed by atoms with Crippen molar-refractivity contribution in [2.45, 2.75) is 19.4 Å². The van der Waals surface area contributed by atoms with Gasteiger partial charge in [-0.05, 0) is 48.7 Å². The number of nitrogens with one attached hydrogen (secondary N) is 2. The van der Waals surface area contributed by atoms with E-state index in [0.717, 1.165) is 44.4 Å². The van der Waals surface area contributed by atoms with Crippen LogP contribution in [-0.2, 0) is 11.4 Å². The van der Waals surface area contributed by atoms with Crippen LogP contribution in [0.5, 0.6) is 0 Å². The first kappa shape index (κ1) is 23.0. The molecule has 31 heavy (non-hydrogen) atoms. The SMILES string of the molecule is O=C([O-])CCCNc1cc(CO)cc(Nc2c3ccccc3nc3ccccc23)c1.[Na+]. The number of carboxylic acids is 1. The maximum atomic E-state index is 10.6. The summed E-state index contributed by atoms with van der Waals surface area (Å²) in [6.07, 6.45) is 0.473. The third kappa shape index (κ3) is 5.54. The number of carbonyl (C=O) groups is 1. The Bertz CT molecular complexity index is 1160. The Morgan fingerprint density at radius 3 is 2.16 bits per heavy atom. The molecule has 7 heteroatoms. The number of aliphatic hydroxyl groups excluding tert-OH is 1. The van der Waals surface area contributed by atoms with Crippen LogP contribution in [0.2, 0.25) is 0 Å². The third-order valence-electron chi connectivity index (χ3n) is 4.92. The van der Waals surface area contributed by atoms with E-state index in [2.05, 4.69) is 10.6 Å². The fourth-order valence-electron chi connectivity index (χ4n) is 3.54. The normalized spacial score (nSPS) is 10.6. The van der Waals surface area contributed by atoms with E-state index in [1.807, 2.05) is 66.7 Å². The Hall–Kier alpha value is -2.64. The van der Waals surface area contributed by atoms with E-state index in [4.69, 9.17) is 4.98 Å². The number of anilines is 3. The van der Waals surface area contributed by atoms with E-state index in [0.29, 0.717) is 13.0 Å². The minimum absolute atomic E-state index is 0. The van der Waals surface area contributed by atoms with Crippen LogP contribution in [0.3, 0.4) is 0 Å². The van der Waals surface area contributed by atoms with Gasteiger partial charge >= 0.3 is 29.6 Å². The van der Waals surface area contributed by atoms with Gasteiger partial charge in [0.25, 0.3) is 0 Å². The van der Waals surface area contributed by atoms with E-state index in [1.165, 1.54) is 0 Å². The van der Waals surface area contributed by atoms with Gasteiger partial charge in [0.15, 0.2) is 0 Å². The average Bonchev–Trinajstić information content (AvgIpc) is 2.76. The Kier molecular flexibility index (Phi) is 7.87. The summed E-state index contributed by atoms with van der Waals surface area (Å²) in [6.45, 7) is 0.407. The van der Waals surface area contributed by atoms with Crippen LogP contribution in [0.1, 0.15) is 18.4 Å². The van der Waals surface area contributed by atoms with Crippen LogP contribution in [0.4, 0.5) is 17.1 Å². The molecule has 0 atom stereocenters. The van der Waals surface area contributed by atoms with Gasteiger partial charge in [-0.25, -0.2) is 4.98 Å². The number of hydrogen-bond donors (Lipinski definition) is 3. The van der Waals surface area contributed by atoms with Gasteiger partial charge in [0.2, 0.25) is 0 Å². The molecule has 0 fully saturated rings. The summed E-state index contributed by atoms with van der Waals surface area (Å²) in [6, 6.07) is 21.6. The van der Waals surface area contributed by atoms with E-state index in [9.17, 15) is 15.0 Å². The van der Waals surface area contributed by atoms with E-state index in [1.54, 1.807) is 0 Å². The molecule has 0 aliphatic carbocycles. The minimum atomic E-state index is -1.06. The second-order valence-electron chi connectivity index (χ2n) is 7.13. The molecule has 0 spiro atoms. The molecule has 0 saturated carbocycles. The number of benzene rings is 3. The zero-order chi connectivity index (χ0) is 20.9. The van der Waals surface area contributed by atoms with Crippen molar-refractivity contribution in [2.75, 3.05) is 17.2 Å². The largest absolute Gasteiger partial charge is 1.00 e. The molecule has 1 heterocycles. The molecule has 152 valence electrons. The summed E-state index contributed by atoms with van der Waals surface area (Å²) in [5, 5.41) is 29.0. The number of carbonyl (C=O) groups excluding carboxylic acids is 1. The zero-order valence-corrected chi connectivity index (χ0v) is 19.4. The number of aliphatic hydroxyl groups is 1. The van der Waals surface area contributed by atoms with Crippen LogP contribution in [0.15, 0.2) is 66.7 Å². The van der Waals surface area contributed by atoms with E-state index >= 15 is 0 Å². The number of rotatable bonds is 8. The van der Waals surface area contributed by atoms with Crippen molar-refractivity contribution >= 4 is 44.8 Å². The van der Waals surface area contributed by atoms with Crippen molar-refractivity contribution in [1.82, 2.24) is 4.98 Å². The van der Waals surface area contributed by atoms with Gasteiger partial charge in [0.05, 0.1) is 23.3 Å². The van der Waals surface area contributed by atoms with Crippen LogP contribution < -0.4 is 45.3 Å². The molecule has 1 aromatic heterocycles. The number of para-hydroxylation sites is 2. The minimum Gasteiger partial charge on any atom is -0.550 e. The molecular weight excluding hydrogens is 401 g/mol. The molecule has 3 aromatic carbocycles. The predicted octanol–water partition coefficient (Wildman–Crippen LogP) is 0.570. The molecule has 0 bridgehead atoms. The molecule has 0 amide bonds. The third-order valence-corrected chi connectivity index (χ3v) is 4.92. The number of aliphatic carboxylic acids is 1. The number of carboxylic acid groups (broad SMARTS) is 1. The predicted molar refractivity (Wildman–Crippen MR) is 118 cm³/mol. The first-order valence-electron chi connectivity index (χ1n) is 9.87. The smallest absolute Gasteiger partial charge is 0.550 e. The first-order chi connectivity index (χ1) is 14.6. The van der Waals surface area contributed by atoms with Gasteiger partial charge in [-0.1, -0.05) is 36.4 Å². The number of nitrogens with zero attached hydrogens (tertiary/aromatic N) is 1. The Labute approximate surface area is 202 Å². The maximum absolute atomic E-state index is 10.6. The van der Waals surface area contributed by atoms with Crippen LogP contribution in [0, 0.1) is 0 Å². The quantitative estimate of drug-likeness (QED) is 0.218. The number of hydrogen-bond acceptors (Lipinski definition) is 6. The van der Waals surface area contributed by atoms with Crippen LogP contribution in [-0.4, -0.2) is 22.6 Å². The molecule has 4 rings (SSSR count). The van der Waals surface area contributed by atoms with Crippen molar-refractivity contribution in [1.29, 1.82) is 0 Å². The molecular formula is C24H22N3NaO3. The molecule has 6 nitrogen and oxygen atoms in total. The summed E-state index contributed by atoms with van der Waals surface area (Å²) in [4.78, 5) is 15.3. The van der Waals surface area contributed by atoms with Crippen molar-refractivity contribution < 1.29 is 44.6 Å². The van der Waals surface area contributed by atoms with Crippen molar-refractivity contribution in [3.8, 4) is 0 Å². The van der Waals surface area contributed by atoms with Crippen LogP contribution >= 0.6 is 0 Å². The monoisotopic (exact) mass is 423 g/mol. The fraction of sp³-hybridized carbons (Fsp3) is 0.167. The van der Waals surface area contributed by atoms with Gasteiger partial charge in [-0.15, -0.1) is 0 Å². The summed E-state index contributed by atoms with van der Waals surface area (Å²) in [5.74, 6) is -1.06. The maximum Gasteiger partial charge on any atom is 1.00 e. The zero-order valence-electron chi connectivity index (χ0n) is 17.4. The number of fused-ring (bicyclic) bond motifs is 2. The number of aromatic nitrogens is 1. The van der Waals surface area contributed by atoms with E-state index in [-0.39, 0.29) is 42.6 Å². The Morgan fingerprint density at radius 1 is 0.935 bits per heavy atom. The molecule has 0 radical (unpaired) electrons. The molecule has 0 unspecified atom stereocenters. The van der Waals surface area contributed by atoms with Crippen molar-refractivity contribution in [2.24, 2.45) is 0 Å². The average molecular weight is 423 g/mol. The summed E-state index contributed by atoms with van der Waals surface area (Å²) >= 11 is 0. The van der Waals surface area contributed by atoms with Crippen molar-refractivity contribution in [3.63, 3.8) is 0 Å². The van der Waals surface area contributed by atoms with E-state index < -0.39 is 5.97 Å². The van der Waals surface area contributed by atoms with Crippen molar-refractivity contribution in [3.05, 3.63) is 72.3 Å². The second kappa shape index (κ2) is 10.6. The summed E-state index contributed by atoms with van der Waals surface area (Å²) < 4.78 is 0. The van der Waals surface area contributed by atoms with Gasteiger partial charge in [0.1, 0.15) is 0 Å². The van der Waals surface area contributed by atoms with Gasteiger partial charge in [-0.3, -0.25) is 0 Å². The van der Waals surface area contributed by atoms with Gasteiger partial charge in [-0.2, -0.15) is 0 Å². The Balaban J connectivity index is 0.00000272. The molecule has 3 N–H and O–H groups in total. The second-order valence-corrected chi connectivity index (χ2v) is 7.13. The molecule has 0 aliphatic heterocycles. The van der Waals surface area contributed by atoms with Gasteiger partial charge < -0.3 is 25.6 Å². The van der Waals surface area contributed by atoms with Crippen LogP contribution in [0.25, 0.3) is 21.8 Å². The topological polar surface area (TPSA) is 97.3 Å². The molecule has 4 aromatic rings. The first-order valence-corrected chi connectivity index (χ1v) is 9.87. The standard InChI is InChI=1S/C24H23N3O3.Na/c28-15-16-12-17(25-11-5-10-23(29)30)14-18(13-16)26-24-19-6-1-3-8-21(19)27-22-9-4-2-7-20(22)24;/h1-4,6-9,12-14,25,28H,5,10-11,15H2,(H,26,27)(H,29,30);/q;+1/p-1. The van der Waals surface area contributed by atoms with Gasteiger partial charge in [0, 0.05) is 34.7 Å². The Morgan fingerprint density at radius 2 is 1.55 bits per heavy atom. The number of pyridine rings is 1. The molecule has 0 aliphatic rings. The fourth-order valence-corrected chi connectivity index (χ4v) is 3.54.